The predicted octanol–water partition coefficient (Wildman–Crippen LogP) is 1.95. The summed E-state index contributed by atoms with van der Waals surface area (Å²) in [5, 5.41) is 11.7. The summed E-state index contributed by atoms with van der Waals surface area (Å²) in [5.41, 5.74) is 2.58. The quantitative estimate of drug-likeness (QED) is 0.791. The lowest BCUT2D eigenvalue weighted by Crippen LogP contribution is -2.39. The van der Waals surface area contributed by atoms with Gasteiger partial charge in [-0.05, 0) is 62.8 Å². The van der Waals surface area contributed by atoms with Gasteiger partial charge in [0.2, 0.25) is 0 Å². The lowest BCUT2D eigenvalue weighted by atomic mass is 9.90. The molecule has 1 amide bonds. The number of amides is 1. The number of carboxylic acids is 1. The SMILES string of the molecule is Cc1cc(O[C@@H](C)C(=O)NCC(=O)O)c2c3c(c(=O)oc2c1)CCCC3. The number of aliphatic carboxylic acids is 1. The van der Waals surface area contributed by atoms with E-state index in [0.29, 0.717) is 23.3 Å². The topological polar surface area (TPSA) is 106 Å². The van der Waals surface area contributed by atoms with Gasteiger partial charge in [-0.1, -0.05) is 0 Å². The molecule has 26 heavy (non-hydrogen) atoms. The van der Waals surface area contributed by atoms with E-state index < -0.39 is 24.5 Å². The smallest absolute Gasteiger partial charge is 0.339 e. The number of carbonyl (C=O) groups is 2. The molecule has 7 heteroatoms. The van der Waals surface area contributed by atoms with Crippen LogP contribution in [0, 0.1) is 6.92 Å². The van der Waals surface area contributed by atoms with Gasteiger partial charge in [-0.3, -0.25) is 9.59 Å². The number of aryl methyl sites for hydroxylation is 2. The van der Waals surface area contributed by atoms with Crippen molar-refractivity contribution in [3.63, 3.8) is 0 Å². The lowest BCUT2D eigenvalue weighted by Gasteiger charge is -2.20. The molecule has 138 valence electrons. The van der Waals surface area contributed by atoms with Gasteiger partial charge in [0, 0.05) is 5.56 Å². The second-order valence-corrected chi connectivity index (χ2v) is 6.56. The van der Waals surface area contributed by atoms with Gasteiger partial charge in [0.25, 0.3) is 5.91 Å². The molecular formula is C19H21NO6. The van der Waals surface area contributed by atoms with Crippen molar-refractivity contribution in [2.24, 2.45) is 0 Å². The number of hydrogen-bond donors (Lipinski definition) is 2. The largest absolute Gasteiger partial charge is 0.480 e. The van der Waals surface area contributed by atoms with Crippen LogP contribution in [-0.2, 0) is 22.4 Å². The highest BCUT2D eigenvalue weighted by atomic mass is 16.5. The summed E-state index contributed by atoms with van der Waals surface area (Å²) in [6, 6.07) is 3.59. The second kappa shape index (κ2) is 7.19. The first kappa shape index (κ1) is 18.0. The molecule has 0 saturated heterocycles. The van der Waals surface area contributed by atoms with E-state index in [-0.39, 0.29) is 5.63 Å². The molecule has 2 N–H and O–H groups in total. The van der Waals surface area contributed by atoms with Crippen molar-refractivity contribution < 1.29 is 23.8 Å². The number of hydrogen-bond acceptors (Lipinski definition) is 5. The average Bonchev–Trinajstić information content (AvgIpc) is 2.59. The molecule has 0 fully saturated rings. The fourth-order valence-electron chi connectivity index (χ4n) is 3.31. The molecule has 1 aromatic carbocycles. The Hall–Kier alpha value is -2.83. The van der Waals surface area contributed by atoms with E-state index in [1.807, 2.05) is 6.92 Å². The molecule has 0 bridgehead atoms. The van der Waals surface area contributed by atoms with Gasteiger partial charge in [-0.2, -0.15) is 0 Å². The highest BCUT2D eigenvalue weighted by Gasteiger charge is 2.23. The van der Waals surface area contributed by atoms with Crippen LogP contribution in [0.4, 0.5) is 0 Å². The Balaban J connectivity index is 2.01. The van der Waals surface area contributed by atoms with E-state index in [1.165, 1.54) is 0 Å². The minimum absolute atomic E-state index is 0.309. The van der Waals surface area contributed by atoms with Crippen molar-refractivity contribution in [1.82, 2.24) is 5.32 Å². The maximum Gasteiger partial charge on any atom is 0.339 e. The van der Waals surface area contributed by atoms with Crippen LogP contribution < -0.4 is 15.7 Å². The standard InChI is InChI=1S/C19H21NO6/c1-10-7-14(25-11(2)18(23)20-9-16(21)22)17-12-5-3-4-6-13(12)19(24)26-15(17)8-10/h7-8,11H,3-6,9H2,1-2H3,(H,20,23)(H,21,22)/t11-/m0/s1. The van der Waals surface area contributed by atoms with E-state index >= 15 is 0 Å². The first-order valence-corrected chi connectivity index (χ1v) is 8.62. The number of benzene rings is 1. The van der Waals surface area contributed by atoms with Crippen LogP contribution in [0.2, 0.25) is 0 Å². The van der Waals surface area contributed by atoms with Crippen LogP contribution in [0.1, 0.15) is 36.5 Å². The third-order valence-corrected chi connectivity index (χ3v) is 4.52. The van der Waals surface area contributed by atoms with Crippen LogP contribution in [0.25, 0.3) is 11.0 Å². The Labute approximate surface area is 150 Å². The van der Waals surface area contributed by atoms with Crippen molar-refractivity contribution in [3.05, 3.63) is 39.2 Å². The molecule has 7 nitrogen and oxygen atoms in total. The second-order valence-electron chi connectivity index (χ2n) is 6.56. The number of fused-ring (bicyclic) bond motifs is 3. The minimum Gasteiger partial charge on any atom is -0.480 e. The third-order valence-electron chi connectivity index (χ3n) is 4.52. The van der Waals surface area contributed by atoms with E-state index in [9.17, 15) is 14.4 Å². The summed E-state index contributed by atoms with van der Waals surface area (Å²) in [6.45, 7) is 2.93. The van der Waals surface area contributed by atoms with E-state index in [1.54, 1.807) is 19.1 Å². The molecular weight excluding hydrogens is 338 g/mol. The number of nitrogens with one attached hydrogen (secondary N) is 1. The first-order valence-electron chi connectivity index (χ1n) is 8.62. The van der Waals surface area contributed by atoms with Crippen LogP contribution in [0.15, 0.2) is 21.3 Å². The zero-order valence-corrected chi connectivity index (χ0v) is 14.8. The van der Waals surface area contributed by atoms with Gasteiger partial charge in [-0.25, -0.2) is 4.79 Å². The Morgan fingerprint density at radius 2 is 1.96 bits per heavy atom. The van der Waals surface area contributed by atoms with Crippen molar-refractivity contribution >= 4 is 22.8 Å². The molecule has 0 saturated carbocycles. The van der Waals surface area contributed by atoms with Crippen molar-refractivity contribution in [2.45, 2.75) is 45.6 Å². The average molecular weight is 359 g/mol. The molecule has 1 aliphatic rings. The Bertz CT molecular complexity index is 930. The molecule has 2 aromatic rings. The monoisotopic (exact) mass is 359 g/mol. The zero-order valence-electron chi connectivity index (χ0n) is 14.8. The Kier molecular flexibility index (Phi) is 4.97. The summed E-state index contributed by atoms with van der Waals surface area (Å²) in [6.07, 6.45) is 2.48. The number of rotatable bonds is 5. The van der Waals surface area contributed by atoms with Crippen molar-refractivity contribution in [2.75, 3.05) is 6.54 Å². The molecule has 0 unspecified atom stereocenters. The molecule has 0 radical (unpaired) electrons. The summed E-state index contributed by atoms with van der Waals surface area (Å²) in [4.78, 5) is 34.9. The van der Waals surface area contributed by atoms with Crippen LogP contribution >= 0.6 is 0 Å². The third kappa shape index (κ3) is 3.56. The molecule has 1 aliphatic carbocycles. The van der Waals surface area contributed by atoms with Gasteiger partial charge >= 0.3 is 11.6 Å². The molecule has 0 spiro atoms. The maximum atomic E-state index is 12.3. The van der Waals surface area contributed by atoms with Gasteiger partial charge < -0.3 is 19.6 Å². The molecule has 3 rings (SSSR count). The van der Waals surface area contributed by atoms with Crippen LogP contribution in [-0.4, -0.2) is 29.6 Å². The number of carbonyl (C=O) groups excluding carboxylic acids is 1. The lowest BCUT2D eigenvalue weighted by molar-refractivity contribution is -0.139. The summed E-state index contributed by atoms with van der Waals surface area (Å²) in [5.74, 6) is -1.17. The fourth-order valence-corrected chi connectivity index (χ4v) is 3.31. The van der Waals surface area contributed by atoms with Crippen molar-refractivity contribution in [3.8, 4) is 5.75 Å². The molecule has 0 aliphatic heterocycles. The minimum atomic E-state index is -1.12. The van der Waals surface area contributed by atoms with Crippen molar-refractivity contribution in [1.29, 1.82) is 0 Å². The van der Waals surface area contributed by atoms with Gasteiger partial charge in [-0.15, -0.1) is 0 Å². The zero-order chi connectivity index (χ0) is 18.8. The first-order chi connectivity index (χ1) is 12.4. The summed E-state index contributed by atoms with van der Waals surface area (Å²) in [7, 11) is 0. The number of carboxylic acid groups (broad SMARTS) is 1. The number of ether oxygens (including phenoxy) is 1. The van der Waals surface area contributed by atoms with E-state index in [0.717, 1.165) is 35.8 Å². The summed E-state index contributed by atoms with van der Waals surface area (Å²) >= 11 is 0. The normalized spacial score (nSPS) is 14.5. The van der Waals surface area contributed by atoms with Crippen LogP contribution in [0.3, 0.4) is 0 Å². The van der Waals surface area contributed by atoms with Gasteiger partial charge in [0.05, 0.1) is 5.39 Å². The molecule has 1 aromatic heterocycles. The Morgan fingerprint density at radius 3 is 2.65 bits per heavy atom. The highest BCUT2D eigenvalue weighted by Crippen LogP contribution is 2.35. The maximum absolute atomic E-state index is 12.3. The fraction of sp³-hybridized carbons (Fsp3) is 0.421. The van der Waals surface area contributed by atoms with E-state index in [4.69, 9.17) is 14.3 Å². The predicted molar refractivity (Wildman–Crippen MR) is 94.6 cm³/mol. The Morgan fingerprint density at radius 1 is 1.27 bits per heavy atom. The molecule has 1 heterocycles. The highest BCUT2D eigenvalue weighted by molar-refractivity contribution is 5.90. The summed E-state index contributed by atoms with van der Waals surface area (Å²) < 4.78 is 11.3. The van der Waals surface area contributed by atoms with Gasteiger partial charge in [0.1, 0.15) is 17.9 Å². The molecule has 1 atom stereocenters. The van der Waals surface area contributed by atoms with Gasteiger partial charge in [0.15, 0.2) is 6.10 Å². The van der Waals surface area contributed by atoms with E-state index in [2.05, 4.69) is 5.32 Å². The van der Waals surface area contributed by atoms with Crippen LogP contribution in [0.5, 0.6) is 5.75 Å².